The van der Waals surface area contributed by atoms with E-state index in [0.29, 0.717) is 11.5 Å². The number of ether oxygens (including phenoxy) is 10. The third-order valence-electron chi connectivity index (χ3n) is 12.0. The third kappa shape index (κ3) is 17.7. The molecule has 1 aliphatic rings. The van der Waals surface area contributed by atoms with Crippen LogP contribution in [-0.2, 0) is 80.5 Å². The second-order valence-electron chi connectivity index (χ2n) is 17.4. The summed E-state index contributed by atoms with van der Waals surface area (Å²) in [6.07, 6.45) is -7.46. The van der Waals surface area contributed by atoms with E-state index in [2.05, 4.69) is 10.0 Å². The second kappa shape index (κ2) is 29.6. The molecule has 0 radical (unpaired) electrons. The summed E-state index contributed by atoms with van der Waals surface area (Å²) in [6.45, 7) is 1.74. The Kier molecular flexibility index (Phi) is 21.8. The van der Waals surface area contributed by atoms with Crippen molar-refractivity contribution >= 4 is 11.8 Å². The minimum absolute atomic E-state index is 0.00217. The average molecular weight is 994 g/mol. The molecule has 382 valence electrons. The van der Waals surface area contributed by atoms with Gasteiger partial charge in [-0.2, -0.15) is 0 Å². The van der Waals surface area contributed by atoms with Crippen molar-refractivity contribution in [3.63, 3.8) is 0 Å². The lowest BCUT2D eigenvalue weighted by molar-refractivity contribution is -0.314. The number of carbonyl (C=O) groups is 2. The third-order valence-corrected chi connectivity index (χ3v) is 12.0. The number of hydrogen-bond donors (Lipinski definition) is 0. The summed E-state index contributed by atoms with van der Waals surface area (Å²) in [5.41, 5.74) is 14.8. The van der Waals surface area contributed by atoms with Gasteiger partial charge in [0, 0.05) is 11.3 Å². The normalized spacial score (nSPS) is 18.6. The summed E-state index contributed by atoms with van der Waals surface area (Å²) in [5.74, 6) is 0.385. The van der Waals surface area contributed by atoms with Crippen LogP contribution in [0.25, 0.3) is 10.4 Å². The Hall–Kier alpha value is -6.91. The van der Waals surface area contributed by atoms with Crippen molar-refractivity contribution in [3.8, 4) is 11.5 Å². The van der Waals surface area contributed by atoms with E-state index in [-0.39, 0.29) is 71.5 Å². The lowest BCUT2D eigenvalue weighted by atomic mass is 9.96. The van der Waals surface area contributed by atoms with Crippen molar-refractivity contribution in [2.45, 2.75) is 102 Å². The van der Waals surface area contributed by atoms with E-state index in [4.69, 9.17) is 47.4 Å². The van der Waals surface area contributed by atoms with Crippen LogP contribution in [0, 0.1) is 0 Å². The molecule has 7 rings (SSSR count). The fourth-order valence-electron chi connectivity index (χ4n) is 8.09. The summed E-state index contributed by atoms with van der Waals surface area (Å²) >= 11 is 0. The fraction of sp³-hybridized carbons (Fsp3) is 0.345. The van der Waals surface area contributed by atoms with Gasteiger partial charge in [0.05, 0.1) is 53.2 Å². The second-order valence-corrected chi connectivity index (χ2v) is 17.4. The van der Waals surface area contributed by atoms with E-state index in [9.17, 15) is 15.1 Å². The monoisotopic (exact) mass is 993 g/mol. The number of esters is 1. The summed E-state index contributed by atoms with van der Waals surface area (Å²) < 4.78 is 65.5. The van der Waals surface area contributed by atoms with Gasteiger partial charge in [0.1, 0.15) is 73.2 Å². The number of Topliss-reactive ketones (excluding diaryl/α,β-unsaturated/α-hetero) is 1. The van der Waals surface area contributed by atoms with Crippen LogP contribution in [-0.4, -0.2) is 87.6 Å². The van der Waals surface area contributed by atoms with Gasteiger partial charge in [-0.05, 0) is 64.5 Å². The molecule has 15 heteroatoms. The Morgan fingerprint density at radius 1 is 0.589 bits per heavy atom. The number of methoxy groups -OCH3 is 1. The molecular weight excluding hydrogens is 931 g/mol. The zero-order valence-corrected chi connectivity index (χ0v) is 41.2. The van der Waals surface area contributed by atoms with E-state index in [1.807, 2.05) is 152 Å². The number of rotatable bonds is 30. The van der Waals surface area contributed by atoms with Gasteiger partial charge in [-0.1, -0.05) is 157 Å². The number of carbonyl (C=O) groups excluding carboxylic acids is 2. The highest BCUT2D eigenvalue weighted by Gasteiger charge is 2.50. The van der Waals surface area contributed by atoms with Crippen LogP contribution in [0.4, 0.5) is 0 Å². The van der Waals surface area contributed by atoms with E-state index in [0.717, 1.165) is 27.8 Å². The van der Waals surface area contributed by atoms with Crippen LogP contribution < -0.4 is 9.47 Å². The summed E-state index contributed by atoms with van der Waals surface area (Å²) in [6, 6.07) is 54.1. The van der Waals surface area contributed by atoms with Crippen molar-refractivity contribution in [2.24, 2.45) is 5.11 Å². The zero-order valence-electron chi connectivity index (χ0n) is 41.2. The molecule has 0 spiro atoms. The van der Waals surface area contributed by atoms with Gasteiger partial charge in [0.15, 0.2) is 6.29 Å². The first-order valence-corrected chi connectivity index (χ1v) is 24.4. The largest absolute Gasteiger partial charge is 0.497 e. The van der Waals surface area contributed by atoms with Crippen LogP contribution in [0.15, 0.2) is 181 Å². The molecule has 0 unspecified atom stereocenters. The van der Waals surface area contributed by atoms with E-state index >= 15 is 0 Å². The van der Waals surface area contributed by atoms with Gasteiger partial charge in [0.25, 0.3) is 0 Å². The summed E-state index contributed by atoms with van der Waals surface area (Å²) in [5, 5.41) is 4.35. The van der Waals surface area contributed by atoms with Gasteiger partial charge < -0.3 is 52.2 Å². The average Bonchev–Trinajstić information content (AvgIpc) is 3.43. The topological polar surface area (TPSA) is 175 Å². The molecule has 1 aliphatic heterocycles. The highest BCUT2D eigenvalue weighted by Crippen LogP contribution is 2.34. The standard InChI is InChI=1S/C58H63N3O12/c1-42(62)28-33-53(63)69-41-51(68-36-45-22-12-5-13-23-45)55(50(67-35-44-20-10-4-11-21-44)40-66-49-31-29-48(64-2)30-32-49)73-58-54(60-61-59)57(71-38-47-26-16-7-17-27-47)56(70-37-46-24-14-6-15-25-46)52(72-58)39-65-34-43-18-8-3-9-19-43/h3-27,29-32,50-52,54-58H,28,33-41H2,1-2H3/t50-,51+,52-,54-,55-,56-,57-,58+/m1/s1. The van der Waals surface area contributed by atoms with Crippen LogP contribution in [0.3, 0.4) is 0 Å². The first-order chi connectivity index (χ1) is 35.8. The van der Waals surface area contributed by atoms with Gasteiger partial charge in [-0.15, -0.1) is 0 Å². The fourth-order valence-corrected chi connectivity index (χ4v) is 8.09. The smallest absolute Gasteiger partial charge is 0.306 e. The molecular formula is C58H63N3O12. The molecule has 1 saturated heterocycles. The number of azide groups is 1. The molecule has 0 N–H and O–H groups in total. The molecule has 1 heterocycles. The van der Waals surface area contributed by atoms with E-state index in [1.54, 1.807) is 31.4 Å². The Balaban J connectivity index is 1.30. The number of benzene rings is 6. The van der Waals surface area contributed by atoms with Crippen LogP contribution >= 0.6 is 0 Å². The molecule has 73 heavy (non-hydrogen) atoms. The minimum atomic E-state index is -1.37. The van der Waals surface area contributed by atoms with Gasteiger partial charge >= 0.3 is 5.97 Å². The summed E-state index contributed by atoms with van der Waals surface area (Å²) in [4.78, 5) is 28.6. The quantitative estimate of drug-likeness (QED) is 0.0181. The number of ketones is 1. The van der Waals surface area contributed by atoms with Gasteiger partial charge in [-0.25, -0.2) is 0 Å². The number of hydrogen-bond acceptors (Lipinski definition) is 13. The Labute approximate surface area is 426 Å². The first kappa shape index (κ1) is 53.9. The molecule has 15 nitrogen and oxygen atoms in total. The Bertz CT molecular complexity index is 2560. The van der Waals surface area contributed by atoms with Crippen LogP contribution in [0.1, 0.15) is 47.6 Å². The Morgan fingerprint density at radius 3 is 1.55 bits per heavy atom. The van der Waals surface area contributed by atoms with Crippen molar-refractivity contribution in [1.82, 2.24) is 0 Å². The van der Waals surface area contributed by atoms with Crippen molar-refractivity contribution in [1.29, 1.82) is 0 Å². The van der Waals surface area contributed by atoms with Gasteiger partial charge in [-0.3, -0.25) is 4.79 Å². The predicted molar refractivity (Wildman–Crippen MR) is 272 cm³/mol. The zero-order chi connectivity index (χ0) is 50.9. The van der Waals surface area contributed by atoms with E-state index < -0.39 is 54.9 Å². The molecule has 0 aromatic heterocycles. The molecule has 0 amide bonds. The maximum absolute atomic E-state index is 13.3. The van der Waals surface area contributed by atoms with Crippen LogP contribution in [0.5, 0.6) is 11.5 Å². The maximum atomic E-state index is 13.3. The van der Waals surface area contributed by atoms with E-state index in [1.165, 1.54) is 6.92 Å². The first-order valence-electron chi connectivity index (χ1n) is 24.4. The SMILES string of the molecule is COc1ccc(OC[C@@H](OCc2ccccc2)[C@@H](O[C@@H]2O[C@H](COCc3ccccc3)[C@@H](OCc3ccccc3)[C@H](OCc3ccccc3)[C@H]2N=[N+]=[N-])[C@H](COC(=O)CCC(C)=O)OCc2ccccc2)cc1. The lowest BCUT2D eigenvalue weighted by Crippen LogP contribution is -2.62. The maximum Gasteiger partial charge on any atom is 0.306 e. The molecule has 6 aromatic carbocycles. The number of nitrogens with zero attached hydrogens (tertiary/aromatic N) is 3. The Morgan fingerprint density at radius 2 is 1.05 bits per heavy atom. The molecule has 0 aliphatic carbocycles. The molecule has 8 atom stereocenters. The van der Waals surface area contributed by atoms with Crippen molar-refractivity contribution < 1.29 is 57.0 Å². The highest BCUT2D eigenvalue weighted by molar-refractivity contribution is 5.81. The van der Waals surface area contributed by atoms with Gasteiger partial charge in [0.2, 0.25) is 0 Å². The molecule has 1 fully saturated rings. The molecule has 6 aromatic rings. The van der Waals surface area contributed by atoms with Crippen molar-refractivity contribution in [2.75, 3.05) is 26.9 Å². The van der Waals surface area contributed by atoms with Crippen LogP contribution in [0.2, 0.25) is 0 Å². The predicted octanol–water partition coefficient (Wildman–Crippen LogP) is 10.3. The minimum Gasteiger partial charge on any atom is -0.497 e. The molecule has 0 bridgehead atoms. The molecule has 0 saturated carbocycles. The lowest BCUT2D eigenvalue weighted by Gasteiger charge is -2.46. The highest BCUT2D eigenvalue weighted by atomic mass is 16.7. The van der Waals surface area contributed by atoms with Crippen molar-refractivity contribution in [3.05, 3.63) is 214 Å². The summed E-state index contributed by atoms with van der Waals surface area (Å²) in [7, 11) is 1.58.